The minimum Gasteiger partial charge on any atom is -0.568 e. The largest absolute Gasteiger partial charge is 0.568 e. The smallest absolute Gasteiger partial charge is 0.270 e. The van der Waals surface area contributed by atoms with Gasteiger partial charge < -0.3 is 24.0 Å². The highest BCUT2D eigenvalue weighted by atomic mass is 32.2. The number of likely N-dealkylation sites (tertiary alicyclic amines) is 1. The van der Waals surface area contributed by atoms with Crippen molar-refractivity contribution in [2.45, 2.75) is 33.3 Å². The van der Waals surface area contributed by atoms with Crippen LogP contribution in [0.15, 0.2) is 66.7 Å². The highest BCUT2D eigenvalue weighted by Gasteiger charge is 2.19. The third-order valence-electron chi connectivity index (χ3n) is 6.69. The molecule has 5 rings (SSSR count). The van der Waals surface area contributed by atoms with Gasteiger partial charge in [-0.05, 0) is 90.6 Å². The summed E-state index contributed by atoms with van der Waals surface area (Å²) in [6, 6.07) is 21.1. The highest BCUT2D eigenvalue weighted by molar-refractivity contribution is 7.23. The van der Waals surface area contributed by atoms with Crippen LogP contribution in [0.5, 0.6) is 17.4 Å². The summed E-state index contributed by atoms with van der Waals surface area (Å²) < 4.78 is 27.6. The molecule has 3 aromatic carbocycles. The van der Waals surface area contributed by atoms with Crippen LogP contribution in [0.2, 0.25) is 0 Å². The molecule has 1 fully saturated rings. The van der Waals surface area contributed by atoms with E-state index in [1.807, 2.05) is 41.3 Å². The van der Waals surface area contributed by atoms with Crippen LogP contribution in [-0.2, 0) is 11.4 Å². The molecule has 38 heavy (non-hydrogen) atoms. The molecule has 0 spiro atoms. The van der Waals surface area contributed by atoms with E-state index in [0.29, 0.717) is 36.8 Å². The van der Waals surface area contributed by atoms with Crippen LogP contribution in [-0.4, -0.2) is 44.5 Å². The van der Waals surface area contributed by atoms with Gasteiger partial charge in [-0.1, -0.05) is 18.2 Å². The van der Waals surface area contributed by atoms with Gasteiger partial charge in [0.2, 0.25) is 10.8 Å². The lowest BCUT2D eigenvalue weighted by molar-refractivity contribution is -0.128. The summed E-state index contributed by atoms with van der Waals surface area (Å²) in [5.41, 5.74) is 6.30. The number of rotatable bonds is 9. The molecule has 0 aliphatic carbocycles. The summed E-state index contributed by atoms with van der Waals surface area (Å²) in [6.45, 7) is 6.51. The van der Waals surface area contributed by atoms with Crippen molar-refractivity contribution in [1.82, 2.24) is 9.27 Å². The molecular formula is C30H30N2O5S. The lowest BCUT2D eigenvalue weighted by atomic mass is 9.94. The second kappa shape index (κ2) is 11.2. The van der Waals surface area contributed by atoms with Crippen LogP contribution in [0.1, 0.15) is 29.5 Å². The summed E-state index contributed by atoms with van der Waals surface area (Å²) >= 11 is 0. The minimum absolute atomic E-state index is 0.216. The predicted octanol–water partition coefficient (Wildman–Crippen LogP) is 6.05. The van der Waals surface area contributed by atoms with Gasteiger partial charge in [-0.2, -0.15) is 0 Å². The maximum absolute atomic E-state index is 11.9. The molecule has 0 radical (unpaired) electrons. The summed E-state index contributed by atoms with van der Waals surface area (Å²) in [7, 11) is -1.58. The van der Waals surface area contributed by atoms with Crippen LogP contribution >= 0.6 is 10.9 Å². The van der Waals surface area contributed by atoms with Crippen LogP contribution in [0, 0.1) is 13.8 Å². The number of ether oxygens (including phenoxy) is 2. The number of carbonyl (C=O) groups is 1. The Morgan fingerprint density at radius 2 is 1.74 bits per heavy atom. The van der Waals surface area contributed by atoms with Crippen molar-refractivity contribution in [3.63, 3.8) is 0 Å². The van der Waals surface area contributed by atoms with Gasteiger partial charge in [0.25, 0.3) is 5.88 Å². The minimum atomic E-state index is -1.58. The molecule has 1 amide bonds. The number of aryl methyl sites for hydroxylation is 2. The zero-order chi connectivity index (χ0) is 26.6. The van der Waals surface area contributed by atoms with Crippen LogP contribution in [0.3, 0.4) is 0 Å². The Bertz CT molecular complexity index is 1420. The molecule has 7 nitrogen and oxygen atoms in total. The first-order chi connectivity index (χ1) is 18.4. The van der Waals surface area contributed by atoms with E-state index in [4.69, 9.17) is 9.47 Å². The van der Waals surface area contributed by atoms with Gasteiger partial charge in [-0.3, -0.25) is 4.79 Å². The van der Waals surface area contributed by atoms with E-state index in [0.717, 1.165) is 46.5 Å². The lowest BCUT2D eigenvalue weighted by Gasteiger charge is -2.18. The summed E-state index contributed by atoms with van der Waals surface area (Å²) in [6.07, 6.45) is 1.58. The molecule has 1 aliphatic heterocycles. The number of benzene rings is 3. The Morgan fingerprint density at radius 1 is 0.974 bits per heavy atom. The molecule has 1 N–H and O–H groups in total. The molecule has 1 aliphatic rings. The topological polar surface area (TPSA) is 95.0 Å². The average molecular weight is 531 g/mol. The third-order valence-corrected chi connectivity index (χ3v) is 7.77. The Balaban J connectivity index is 1.23. The fourth-order valence-electron chi connectivity index (χ4n) is 4.89. The van der Waals surface area contributed by atoms with Crippen LogP contribution < -0.4 is 9.47 Å². The number of amides is 1. The first-order valence-electron chi connectivity index (χ1n) is 12.6. The van der Waals surface area contributed by atoms with Crippen molar-refractivity contribution in [2.75, 3.05) is 19.7 Å². The van der Waals surface area contributed by atoms with Crippen LogP contribution in [0.25, 0.3) is 21.6 Å². The maximum Gasteiger partial charge on any atom is 0.270 e. The van der Waals surface area contributed by atoms with E-state index in [1.54, 1.807) is 0 Å². The SMILES string of the molecule is Cc1cc(OCCN2CCCC2=O)cc(C)c1-c1cccc(COc2ccc(-c3cc(O)n[s+]3[O-])cc2)c1. The lowest BCUT2D eigenvalue weighted by Crippen LogP contribution is -2.29. The number of aromatic nitrogens is 1. The fraction of sp³-hybridized carbons (Fsp3) is 0.267. The van der Waals surface area contributed by atoms with Gasteiger partial charge in [0.1, 0.15) is 24.7 Å². The van der Waals surface area contributed by atoms with Crippen molar-refractivity contribution in [3.05, 3.63) is 83.4 Å². The fourth-order valence-corrected chi connectivity index (χ4v) is 5.75. The Labute approximate surface area is 225 Å². The van der Waals surface area contributed by atoms with Crippen molar-refractivity contribution >= 4 is 16.9 Å². The number of aromatic hydroxyl groups is 1. The molecule has 1 saturated heterocycles. The molecule has 1 atom stereocenters. The molecule has 196 valence electrons. The second-order valence-corrected chi connectivity index (χ2v) is 10.6. The van der Waals surface area contributed by atoms with Gasteiger partial charge in [-0.25, -0.2) is 0 Å². The van der Waals surface area contributed by atoms with Crippen molar-refractivity contribution in [1.29, 1.82) is 0 Å². The highest BCUT2D eigenvalue weighted by Crippen LogP contribution is 2.35. The zero-order valence-corrected chi connectivity index (χ0v) is 22.3. The van der Waals surface area contributed by atoms with Crippen molar-refractivity contribution < 1.29 is 23.9 Å². The molecule has 8 heteroatoms. The number of hydrogen-bond acceptors (Lipinski definition) is 6. The summed E-state index contributed by atoms with van der Waals surface area (Å²) in [5, 5.41) is 9.47. The standard InChI is InChI=1S/C30H30N2O5S/c1-20-15-26(36-14-13-32-12-4-7-29(32)34)16-21(2)30(20)24-6-3-5-22(17-24)19-37-25-10-8-23(9-11-25)27-18-28(33)31-38(27)35/h3,5-6,8-11,15-18H,4,7,12-14,19H2,1-2H3,(H,31,33). The van der Waals surface area contributed by atoms with E-state index in [9.17, 15) is 14.5 Å². The first kappa shape index (κ1) is 25.8. The van der Waals surface area contributed by atoms with Gasteiger partial charge in [-0.15, -0.1) is 0 Å². The molecule has 2 heterocycles. The van der Waals surface area contributed by atoms with E-state index in [-0.39, 0.29) is 11.8 Å². The normalized spacial score (nSPS) is 13.7. The molecular weight excluding hydrogens is 500 g/mol. The van der Waals surface area contributed by atoms with Gasteiger partial charge in [0.15, 0.2) is 0 Å². The van der Waals surface area contributed by atoms with Gasteiger partial charge in [0, 0.05) is 22.9 Å². The monoisotopic (exact) mass is 530 g/mol. The Hall–Kier alpha value is -3.88. The second-order valence-electron chi connectivity index (χ2n) is 9.49. The van der Waals surface area contributed by atoms with E-state index in [1.165, 1.54) is 11.6 Å². The van der Waals surface area contributed by atoms with Crippen LogP contribution in [0.4, 0.5) is 0 Å². The summed E-state index contributed by atoms with van der Waals surface area (Å²) in [4.78, 5) is 14.1. The third kappa shape index (κ3) is 5.82. The molecule has 1 unspecified atom stereocenters. The molecule has 1 aromatic heterocycles. The number of hydrogen-bond donors (Lipinski definition) is 1. The Morgan fingerprint density at radius 3 is 2.39 bits per heavy atom. The van der Waals surface area contributed by atoms with E-state index in [2.05, 4.69) is 42.5 Å². The maximum atomic E-state index is 11.9. The van der Waals surface area contributed by atoms with Crippen molar-refractivity contribution in [3.8, 4) is 38.9 Å². The van der Waals surface area contributed by atoms with Gasteiger partial charge in [0.05, 0.1) is 23.6 Å². The first-order valence-corrected chi connectivity index (χ1v) is 13.7. The number of nitrogens with zero attached hydrogens (tertiary/aromatic N) is 2. The molecule has 4 aromatic rings. The molecule has 0 bridgehead atoms. The molecule has 0 saturated carbocycles. The predicted molar refractivity (Wildman–Crippen MR) is 147 cm³/mol. The number of carbonyl (C=O) groups excluding carboxylic acids is 1. The quantitative estimate of drug-likeness (QED) is 0.265. The average Bonchev–Trinajstić information content (AvgIpc) is 3.46. The summed E-state index contributed by atoms with van der Waals surface area (Å²) in [5.74, 6) is 1.50. The van der Waals surface area contributed by atoms with Gasteiger partial charge >= 0.3 is 0 Å². The van der Waals surface area contributed by atoms with E-state index >= 15 is 0 Å². The Kier molecular flexibility index (Phi) is 7.62. The van der Waals surface area contributed by atoms with Crippen molar-refractivity contribution in [2.24, 2.45) is 0 Å². The van der Waals surface area contributed by atoms with E-state index < -0.39 is 10.9 Å². The zero-order valence-electron chi connectivity index (χ0n) is 21.5.